The molecule has 1 aromatic rings. The van der Waals surface area contributed by atoms with Crippen molar-refractivity contribution in [3.8, 4) is 0 Å². The molecule has 1 aliphatic heterocycles. The summed E-state index contributed by atoms with van der Waals surface area (Å²) in [6.07, 6.45) is 0.733. The van der Waals surface area contributed by atoms with Gasteiger partial charge in [0.2, 0.25) is 0 Å². The number of likely N-dealkylation sites (tertiary alicyclic amines) is 1. The van der Waals surface area contributed by atoms with Crippen molar-refractivity contribution in [3.05, 3.63) is 35.9 Å². The summed E-state index contributed by atoms with van der Waals surface area (Å²) in [7, 11) is 0. The number of carbonyl (C=O) groups excluding carboxylic acids is 2. The summed E-state index contributed by atoms with van der Waals surface area (Å²) in [5.41, 5.74) is 6.42. The second-order valence-corrected chi connectivity index (χ2v) is 8.44. The summed E-state index contributed by atoms with van der Waals surface area (Å²) >= 11 is 0. The summed E-state index contributed by atoms with van der Waals surface area (Å²) in [5.74, 6) is 0.307. The second-order valence-electron chi connectivity index (χ2n) is 8.44. The molecule has 1 aliphatic rings. The largest absolute Gasteiger partial charge is 0.450 e. The van der Waals surface area contributed by atoms with Crippen molar-refractivity contribution in [2.75, 3.05) is 26.2 Å². The van der Waals surface area contributed by atoms with Crippen LogP contribution >= 0.6 is 0 Å². The minimum atomic E-state index is -0.590. The number of nitrogens with two attached hydrogens (primary N) is 1. The highest BCUT2D eigenvalue weighted by Gasteiger charge is 2.24. The Morgan fingerprint density at radius 2 is 1.87 bits per heavy atom. The van der Waals surface area contributed by atoms with E-state index in [1.54, 1.807) is 11.8 Å². The van der Waals surface area contributed by atoms with Gasteiger partial charge in [-0.2, -0.15) is 0 Å². The zero-order chi connectivity index (χ0) is 22.9. The number of nitrogens with zero attached hydrogens (tertiary/aromatic N) is 2. The highest BCUT2D eigenvalue weighted by Crippen LogP contribution is 2.15. The standard InChI is InChI=1S/C22H35N5O4/c1-5-30-21(29)27-13-11-17(12-14-27)25-19(23)24-15-18(16-9-7-6-8-10-16)26-20(28)31-22(2,3)4/h6-10,17-18H,5,11-15H2,1-4H3,(H,26,28)(H3,23,24,25). The van der Waals surface area contributed by atoms with Crippen molar-refractivity contribution in [1.29, 1.82) is 0 Å². The third-order valence-electron chi connectivity index (χ3n) is 4.71. The molecule has 4 N–H and O–H groups in total. The molecule has 0 aliphatic carbocycles. The molecule has 1 fully saturated rings. The molecule has 1 aromatic carbocycles. The zero-order valence-corrected chi connectivity index (χ0v) is 18.9. The first-order valence-electron chi connectivity index (χ1n) is 10.7. The SMILES string of the molecule is CCOC(=O)N1CCC(NC(N)=NCC(NC(=O)OC(C)(C)C)c2ccccc2)CC1. The van der Waals surface area contributed by atoms with Gasteiger partial charge in [-0.05, 0) is 46.1 Å². The van der Waals surface area contributed by atoms with E-state index in [-0.39, 0.29) is 24.7 Å². The Kier molecular flexibility index (Phi) is 8.96. The van der Waals surface area contributed by atoms with Crippen LogP contribution in [0.15, 0.2) is 35.3 Å². The summed E-state index contributed by atoms with van der Waals surface area (Å²) in [6.45, 7) is 9.10. The molecule has 9 heteroatoms. The van der Waals surface area contributed by atoms with Gasteiger partial charge in [0.25, 0.3) is 0 Å². The molecule has 1 heterocycles. The van der Waals surface area contributed by atoms with Crippen molar-refractivity contribution in [2.24, 2.45) is 10.7 Å². The van der Waals surface area contributed by atoms with Gasteiger partial charge in [-0.25, -0.2) is 9.59 Å². The van der Waals surface area contributed by atoms with E-state index in [4.69, 9.17) is 15.2 Å². The summed E-state index contributed by atoms with van der Waals surface area (Å²) in [6, 6.07) is 9.32. The van der Waals surface area contributed by atoms with E-state index in [1.165, 1.54) is 0 Å². The first kappa shape index (κ1) is 24.3. The summed E-state index contributed by atoms with van der Waals surface area (Å²) in [5, 5.41) is 6.08. The third kappa shape index (κ3) is 8.74. The second kappa shape index (κ2) is 11.4. The predicted molar refractivity (Wildman–Crippen MR) is 120 cm³/mol. The maximum absolute atomic E-state index is 12.3. The number of hydrogen-bond donors (Lipinski definition) is 3. The van der Waals surface area contributed by atoms with Crippen LogP contribution in [0.5, 0.6) is 0 Å². The van der Waals surface area contributed by atoms with Crippen LogP contribution in [0.1, 0.15) is 52.1 Å². The number of hydrogen-bond acceptors (Lipinski definition) is 5. The molecule has 1 unspecified atom stereocenters. The van der Waals surface area contributed by atoms with Gasteiger partial charge in [0.05, 0.1) is 19.2 Å². The fourth-order valence-electron chi connectivity index (χ4n) is 3.24. The van der Waals surface area contributed by atoms with Crippen molar-refractivity contribution in [3.63, 3.8) is 0 Å². The molecule has 31 heavy (non-hydrogen) atoms. The number of nitrogens with one attached hydrogen (secondary N) is 2. The van der Waals surface area contributed by atoms with Crippen molar-refractivity contribution in [2.45, 2.75) is 58.2 Å². The van der Waals surface area contributed by atoms with E-state index in [0.29, 0.717) is 25.7 Å². The lowest BCUT2D eigenvalue weighted by atomic mass is 10.1. The number of alkyl carbamates (subject to hydrolysis) is 1. The third-order valence-corrected chi connectivity index (χ3v) is 4.71. The van der Waals surface area contributed by atoms with Crippen LogP contribution in [-0.4, -0.2) is 60.9 Å². The molecule has 9 nitrogen and oxygen atoms in total. The minimum Gasteiger partial charge on any atom is -0.450 e. The van der Waals surface area contributed by atoms with Gasteiger partial charge in [-0.3, -0.25) is 4.99 Å². The molecule has 2 rings (SSSR count). The Balaban J connectivity index is 1.92. The van der Waals surface area contributed by atoms with Gasteiger partial charge in [0.15, 0.2) is 5.96 Å². The fraction of sp³-hybridized carbons (Fsp3) is 0.591. The maximum atomic E-state index is 12.3. The Morgan fingerprint density at radius 1 is 1.23 bits per heavy atom. The molecule has 1 atom stereocenters. The first-order valence-corrected chi connectivity index (χ1v) is 10.7. The smallest absolute Gasteiger partial charge is 0.409 e. The minimum absolute atomic E-state index is 0.128. The molecule has 2 amide bonds. The highest BCUT2D eigenvalue weighted by molar-refractivity contribution is 5.78. The fourth-order valence-corrected chi connectivity index (χ4v) is 3.24. The molecule has 1 saturated heterocycles. The number of rotatable bonds is 6. The monoisotopic (exact) mass is 433 g/mol. The van der Waals surface area contributed by atoms with Gasteiger partial charge in [0.1, 0.15) is 5.60 Å². The molecule has 0 saturated carbocycles. The maximum Gasteiger partial charge on any atom is 0.409 e. The van der Waals surface area contributed by atoms with E-state index in [9.17, 15) is 9.59 Å². The van der Waals surface area contributed by atoms with Gasteiger partial charge < -0.3 is 30.7 Å². The van der Waals surface area contributed by atoms with Crippen LogP contribution in [0.3, 0.4) is 0 Å². The van der Waals surface area contributed by atoms with E-state index in [1.807, 2.05) is 51.1 Å². The van der Waals surface area contributed by atoms with Gasteiger partial charge >= 0.3 is 12.2 Å². The van der Waals surface area contributed by atoms with Crippen molar-refractivity contribution in [1.82, 2.24) is 15.5 Å². The molecule has 172 valence electrons. The highest BCUT2D eigenvalue weighted by atomic mass is 16.6. The van der Waals surface area contributed by atoms with Crippen LogP contribution in [0, 0.1) is 0 Å². The number of amides is 2. The average molecular weight is 434 g/mol. The number of aliphatic imine (C=N–C) groups is 1. The predicted octanol–water partition coefficient (Wildman–Crippen LogP) is 2.78. The molecular weight excluding hydrogens is 398 g/mol. The van der Waals surface area contributed by atoms with Crippen molar-refractivity contribution >= 4 is 18.1 Å². The van der Waals surface area contributed by atoms with Gasteiger partial charge in [0, 0.05) is 19.1 Å². The van der Waals surface area contributed by atoms with Crippen LogP contribution in [0.2, 0.25) is 0 Å². The Hall–Kier alpha value is -2.97. The number of piperidine rings is 1. The molecule has 0 radical (unpaired) electrons. The number of guanidine groups is 1. The quantitative estimate of drug-likeness (QED) is 0.469. The summed E-state index contributed by atoms with van der Waals surface area (Å²) < 4.78 is 10.4. The zero-order valence-electron chi connectivity index (χ0n) is 18.9. The Labute approximate surface area is 184 Å². The van der Waals surface area contributed by atoms with Gasteiger partial charge in [-0.15, -0.1) is 0 Å². The van der Waals surface area contributed by atoms with E-state index in [2.05, 4.69) is 15.6 Å². The average Bonchev–Trinajstić information content (AvgIpc) is 2.71. The van der Waals surface area contributed by atoms with E-state index in [0.717, 1.165) is 18.4 Å². The van der Waals surface area contributed by atoms with Crippen LogP contribution in [-0.2, 0) is 9.47 Å². The molecule has 0 aromatic heterocycles. The topological polar surface area (TPSA) is 118 Å². The van der Waals surface area contributed by atoms with Crippen LogP contribution in [0.4, 0.5) is 9.59 Å². The number of ether oxygens (including phenoxy) is 2. The van der Waals surface area contributed by atoms with Crippen molar-refractivity contribution < 1.29 is 19.1 Å². The lowest BCUT2D eigenvalue weighted by Gasteiger charge is -2.31. The lowest BCUT2D eigenvalue weighted by molar-refractivity contribution is 0.0505. The van der Waals surface area contributed by atoms with E-state index < -0.39 is 11.7 Å². The normalized spacial score (nSPS) is 16.4. The number of carbonyl (C=O) groups is 2. The first-order chi connectivity index (χ1) is 14.7. The van der Waals surface area contributed by atoms with E-state index >= 15 is 0 Å². The Bertz CT molecular complexity index is 740. The Morgan fingerprint density at radius 3 is 2.45 bits per heavy atom. The van der Waals surface area contributed by atoms with Crippen LogP contribution < -0.4 is 16.4 Å². The lowest BCUT2D eigenvalue weighted by Crippen LogP contribution is -2.48. The summed E-state index contributed by atoms with van der Waals surface area (Å²) in [4.78, 5) is 30.2. The molecule has 0 bridgehead atoms. The van der Waals surface area contributed by atoms with Gasteiger partial charge in [-0.1, -0.05) is 30.3 Å². The molecule has 0 spiro atoms. The number of benzene rings is 1. The molecular formula is C22H35N5O4. The van der Waals surface area contributed by atoms with Crippen LogP contribution in [0.25, 0.3) is 0 Å².